The van der Waals surface area contributed by atoms with E-state index >= 15 is 0 Å². The van der Waals surface area contributed by atoms with Crippen molar-refractivity contribution in [2.24, 2.45) is 7.05 Å². The lowest BCUT2D eigenvalue weighted by Gasteiger charge is -2.03. The van der Waals surface area contributed by atoms with E-state index < -0.39 is 0 Å². The average Bonchev–Trinajstić information content (AvgIpc) is 2.67. The lowest BCUT2D eigenvalue weighted by molar-refractivity contribution is 0.665. The summed E-state index contributed by atoms with van der Waals surface area (Å²) >= 11 is 5.02. The first kappa shape index (κ1) is 8.95. The van der Waals surface area contributed by atoms with Crippen LogP contribution in [0.15, 0.2) is 12.3 Å². The monoisotopic (exact) mass is 210 g/mol. The third-order valence-electron chi connectivity index (χ3n) is 2.03. The molecule has 0 fully saturated rings. The smallest absolute Gasteiger partial charge is 0.220 e. The molecule has 74 valence electrons. The van der Waals surface area contributed by atoms with E-state index in [4.69, 9.17) is 18.0 Å². The van der Waals surface area contributed by atoms with Crippen LogP contribution >= 0.6 is 12.2 Å². The summed E-state index contributed by atoms with van der Waals surface area (Å²) < 4.78 is 4.00. The Bertz CT molecular complexity index is 492. The number of nitrogens with one attached hydrogen (secondary N) is 1. The summed E-state index contributed by atoms with van der Waals surface area (Å²) in [5, 5.41) is 10.5. The highest BCUT2D eigenvalue weighted by Crippen LogP contribution is 2.05. The molecule has 0 unspecified atom stereocenters. The number of aryl methyl sites for hydroxylation is 1. The van der Waals surface area contributed by atoms with E-state index in [2.05, 4.69) is 15.3 Å². The molecule has 0 spiro atoms. The summed E-state index contributed by atoms with van der Waals surface area (Å²) in [4.78, 5) is 0. The molecule has 6 nitrogen and oxygen atoms in total. The standard InChI is InChI=1S/C7H10N6S/c1-12-5(2-3-9-12)4-13-6(8)10-11-7(13)14/h2-3H,4H2,1H3,(H2,8,10)(H,11,14). The van der Waals surface area contributed by atoms with Crippen LogP contribution in [0.2, 0.25) is 0 Å². The highest BCUT2D eigenvalue weighted by Gasteiger charge is 2.04. The number of hydrogen-bond acceptors (Lipinski definition) is 4. The van der Waals surface area contributed by atoms with Crippen LogP contribution in [0.5, 0.6) is 0 Å². The molecular weight excluding hydrogens is 200 g/mol. The Morgan fingerprint density at radius 2 is 2.43 bits per heavy atom. The second-order valence-electron chi connectivity index (χ2n) is 2.92. The normalized spacial score (nSPS) is 10.6. The Morgan fingerprint density at radius 1 is 1.64 bits per heavy atom. The first-order chi connectivity index (χ1) is 6.68. The van der Waals surface area contributed by atoms with Crippen LogP contribution in [0, 0.1) is 4.77 Å². The van der Waals surface area contributed by atoms with Gasteiger partial charge in [0.25, 0.3) is 0 Å². The Hall–Kier alpha value is -1.63. The molecule has 0 amide bonds. The summed E-state index contributed by atoms with van der Waals surface area (Å²) in [6.45, 7) is 0.581. The van der Waals surface area contributed by atoms with Crippen molar-refractivity contribution < 1.29 is 0 Å². The van der Waals surface area contributed by atoms with Gasteiger partial charge in [-0.25, -0.2) is 5.10 Å². The summed E-state index contributed by atoms with van der Waals surface area (Å²) in [5.41, 5.74) is 6.65. The van der Waals surface area contributed by atoms with E-state index in [0.717, 1.165) is 5.69 Å². The van der Waals surface area contributed by atoms with Crippen molar-refractivity contribution in [3.05, 3.63) is 22.7 Å². The molecule has 3 N–H and O–H groups in total. The number of hydrogen-bond donors (Lipinski definition) is 2. The van der Waals surface area contributed by atoms with E-state index in [9.17, 15) is 0 Å². The second kappa shape index (κ2) is 3.26. The Morgan fingerprint density at radius 3 is 2.93 bits per heavy atom. The molecule has 2 rings (SSSR count). The molecule has 0 atom stereocenters. The van der Waals surface area contributed by atoms with Crippen molar-refractivity contribution >= 4 is 18.2 Å². The van der Waals surface area contributed by atoms with Gasteiger partial charge in [0.1, 0.15) is 0 Å². The van der Waals surface area contributed by atoms with Crippen LogP contribution in [-0.4, -0.2) is 24.5 Å². The van der Waals surface area contributed by atoms with E-state index in [1.807, 2.05) is 13.1 Å². The molecule has 0 aliphatic carbocycles. The summed E-state index contributed by atoms with van der Waals surface area (Å²) in [6.07, 6.45) is 1.73. The minimum Gasteiger partial charge on any atom is -0.368 e. The summed E-state index contributed by atoms with van der Waals surface area (Å²) in [6, 6.07) is 1.91. The number of anilines is 1. The minimum absolute atomic E-state index is 0.385. The molecule has 0 saturated heterocycles. The molecule has 0 aromatic carbocycles. The number of H-pyrrole nitrogens is 1. The molecule has 2 aromatic heterocycles. The number of rotatable bonds is 2. The molecule has 0 radical (unpaired) electrons. The topological polar surface area (TPSA) is 77.4 Å². The molecule has 2 aromatic rings. The van der Waals surface area contributed by atoms with Gasteiger partial charge in [-0.2, -0.15) is 5.10 Å². The van der Waals surface area contributed by atoms with Crippen LogP contribution in [0.25, 0.3) is 0 Å². The average molecular weight is 210 g/mol. The molecule has 0 aliphatic heterocycles. The van der Waals surface area contributed by atoms with Crippen LogP contribution in [0.3, 0.4) is 0 Å². The van der Waals surface area contributed by atoms with Crippen LogP contribution in [-0.2, 0) is 13.6 Å². The minimum atomic E-state index is 0.385. The van der Waals surface area contributed by atoms with Crippen molar-refractivity contribution in [1.82, 2.24) is 24.5 Å². The van der Waals surface area contributed by atoms with Gasteiger partial charge in [-0.15, -0.1) is 5.10 Å². The fourth-order valence-electron chi connectivity index (χ4n) is 1.20. The third kappa shape index (κ3) is 1.41. The van der Waals surface area contributed by atoms with Crippen molar-refractivity contribution in [3.8, 4) is 0 Å². The first-order valence-corrected chi connectivity index (χ1v) is 4.47. The zero-order valence-electron chi connectivity index (χ0n) is 7.64. The largest absolute Gasteiger partial charge is 0.368 e. The third-order valence-corrected chi connectivity index (χ3v) is 2.34. The van der Waals surface area contributed by atoms with Crippen LogP contribution < -0.4 is 5.73 Å². The zero-order valence-corrected chi connectivity index (χ0v) is 8.45. The molecule has 0 saturated carbocycles. The highest BCUT2D eigenvalue weighted by atomic mass is 32.1. The van der Waals surface area contributed by atoms with E-state index in [1.54, 1.807) is 15.4 Å². The predicted molar refractivity (Wildman–Crippen MR) is 54.1 cm³/mol. The second-order valence-corrected chi connectivity index (χ2v) is 3.31. The highest BCUT2D eigenvalue weighted by molar-refractivity contribution is 7.71. The Balaban J connectivity index is 2.36. The summed E-state index contributed by atoms with van der Waals surface area (Å²) in [7, 11) is 1.87. The predicted octanol–water partition coefficient (Wildman–Crippen LogP) is 0.305. The number of aromatic nitrogens is 5. The van der Waals surface area contributed by atoms with Crippen molar-refractivity contribution in [2.45, 2.75) is 6.54 Å². The molecule has 0 bridgehead atoms. The molecule has 2 heterocycles. The van der Waals surface area contributed by atoms with Gasteiger partial charge in [0.2, 0.25) is 5.95 Å². The van der Waals surface area contributed by atoms with Crippen molar-refractivity contribution in [2.75, 3.05) is 5.73 Å². The van der Waals surface area contributed by atoms with Gasteiger partial charge >= 0.3 is 0 Å². The SMILES string of the molecule is Cn1nccc1Cn1c(N)n[nH]c1=S. The maximum atomic E-state index is 5.63. The molecular formula is C7H10N6S. The van der Waals surface area contributed by atoms with E-state index in [0.29, 0.717) is 17.3 Å². The number of nitrogens with two attached hydrogens (primary N) is 1. The molecule has 7 heteroatoms. The quantitative estimate of drug-likeness (QED) is 0.699. The molecule has 0 aliphatic rings. The van der Waals surface area contributed by atoms with Crippen LogP contribution in [0.1, 0.15) is 5.69 Å². The van der Waals surface area contributed by atoms with E-state index in [1.165, 1.54) is 0 Å². The maximum Gasteiger partial charge on any atom is 0.220 e. The van der Waals surface area contributed by atoms with E-state index in [-0.39, 0.29) is 0 Å². The molecule has 14 heavy (non-hydrogen) atoms. The number of nitrogens with zero attached hydrogens (tertiary/aromatic N) is 4. The number of nitrogen functional groups attached to an aromatic ring is 1. The Labute approximate surface area is 85.4 Å². The lowest BCUT2D eigenvalue weighted by atomic mass is 10.4. The van der Waals surface area contributed by atoms with Crippen molar-refractivity contribution in [3.63, 3.8) is 0 Å². The summed E-state index contributed by atoms with van der Waals surface area (Å²) in [5.74, 6) is 0.385. The van der Waals surface area contributed by atoms with Crippen molar-refractivity contribution in [1.29, 1.82) is 0 Å². The fourth-order valence-corrected chi connectivity index (χ4v) is 1.40. The maximum absolute atomic E-state index is 5.63. The number of aromatic amines is 1. The van der Waals surface area contributed by atoms with Gasteiger partial charge in [0, 0.05) is 13.2 Å². The Kier molecular flexibility index (Phi) is 2.08. The van der Waals surface area contributed by atoms with Gasteiger partial charge in [-0.05, 0) is 18.3 Å². The van der Waals surface area contributed by atoms with Gasteiger partial charge < -0.3 is 5.73 Å². The van der Waals surface area contributed by atoms with Gasteiger partial charge in [-0.1, -0.05) is 0 Å². The zero-order chi connectivity index (χ0) is 10.1. The van der Waals surface area contributed by atoms with Gasteiger partial charge in [0.05, 0.1) is 12.2 Å². The fraction of sp³-hybridized carbons (Fsp3) is 0.286. The van der Waals surface area contributed by atoms with Crippen LogP contribution in [0.4, 0.5) is 5.95 Å². The van der Waals surface area contributed by atoms with Gasteiger partial charge in [0.15, 0.2) is 4.77 Å². The first-order valence-electron chi connectivity index (χ1n) is 4.06. The van der Waals surface area contributed by atoms with Gasteiger partial charge in [-0.3, -0.25) is 9.25 Å². The lowest BCUT2D eigenvalue weighted by Crippen LogP contribution is -2.08.